The van der Waals surface area contributed by atoms with Crippen LogP contribution in [0.5, 0.6) is 0 Å². The normalized spacial score (nSPS) is 26.6. The van der Waals surface area contributed by atoms with Gasteiger partial charge in [-0.15, -0.1) is 0 Å². The van der Waals surface area contributed by atoms with E-state index in [0.717, 1.165) is 24.8 Å². The third-order valence-electron chi connectivity index (χ3n) is 3.38. The Labute approximate surface area is 94.3 Å². The second-order valence-electron chi connectivity index (χ2n) is 4.57. The van der Waals surface area contributed by atoms with Gasteiger partial charge in [0.2, 0.25) is 0 Å². The van der Waals surface area contributed by atoms with Crippen LogP contribution in [0.15, 0.2) is 11.1 Å². The molecule has 1 nitrogen and oxygen atoms in total. The summed E-state index contributed by atoms with van der Waals surface area (Å²) in [5.74, 6) is 0. The lowest BCUT2D eigenvalue weighted by Gasteiger charge is -2.29. The van der Waals surface area contributed by atoms with Crippen LogP contribution in [0, 0.1) is 0 Å². The van der Waals surface area contributed by atoms with Gasteiger partial charge in [0.25, 0.3) is 0 Å². The van der Waals surface area contributed by atoms with Gasteiger partial charge in [0, 0.05) is 0 Å². The van der Waals surface area contributed by atoms with Crippen LogP contribution >= 0.6 is 0 Å². The van der Waals surface area contributed by atoms with E-state index in [2.05, 4.69) is 0 Å². The minimum atomic E-state index is -4.54. The topological polar surface area (TPSA) is 20.2 Å². The van der Waals surface area contributed by atoms with Crippen LogP contribution in [0.1, 0.15) is 52.4 Å². The average molecular weight is 236 g/mol. The number of hydrogen-bond acceptors (Lipinski definition) is 1. The summed E-state index contributed by atoms with van der Waals surface area (Å²) in [7, 11) is 0. The molecule has 94 valence electrons. The van der Waals surface area contributed by atoms with Gasteiger partial charge < -0.3 is 5.11 Å². The molecule has 1 aliphatic rings. The van der Waals surface area contributed by atoms with Gasteiger partial charge >= 0.3 is 6.18 Å². The van der Waals surface area contributed by atoms with Crippen molar-refractivity contribution in [3.63, 3.8) is 0 Å². The molecule has 0 heterocycles. The van der Waals surface area contributed by atoms with Gasteiger partial charge in [-0.2, -0.15) is 13.2 Å². The summed E-state index contributed by atoms with van der Waals surface area (Å²) < 4.78 is 38.4. The van der Waals surface area contributed by atoms with E-state index in [-0.39, 0.29) is 12.0 Å². The summed E-state index contributed by atoms with van der Waals surface area (Å²) in [5.41, 5.74) is -1.62. The molecule has 0 spiro atoms. The highest BCUT2D eigenvalue weighted by molar-refractivity contribution is 5.31. The zero-order chi connectivity index (χ0) is 12.4. The summed E-state index contributed by atoms with van der Waals surface area (Å²) in [6.07, 6.45) is -1.41. The van der Waals surface area contributed by atoms with Crippen molar-refractivity contribution in [1.29, 1.82) is 0 Å². The second-order valence-corrected chi connectivity index (χ2v) is 4.57. The van der Waals surface area contributed by atoms with Crippen molar-refractivity contribution < 1.29 is 18.3 Å². The highest BCUT2D eigenvalue weighted by Crippen LogP contribution is 2.48. The van der Waals surface area contributed by atoms with Crippen LogP contribution in [0.3, 0.4) is 0 Å². The van der Waals surface area contributed by atoms with Crippen LogP contribution in [0.25, 0.3) is 0 Å². The Bertz CT molecular complexity index is 280. The van der Waals surface area contributed by atoms with Gasteiger partial charge in [-0.25, -0.2) is 0 Å². The van der Waals surface area contributed by atoms with E-state index in [1.807, 2.05) is 6.92 Å². The Morgan fingerprint density at radius 3 is 2.44 bits per heavy atom. The van der Waals surface area contributed by atoms with Crippen LogP contribution in [0.4, 0.5) is 13.2 Å². The van der Waals surface area contributed by atoms with Crippen molar-refractivity contribution in [2.45, 2.75) is 64.1 Å². The largest absolute Gasteiger partial charge is 0.421 e. The molecule has 0 saturated heterocycles. The van der Waals surface area contributed by atoms with E-state index in [1.165, 1.54) is 0 Å². The van der Waals surface area contributed by atoms with E-state index in [9.17, 15) is 18.3 Å². The quantitative estimate of drug-likeness (QED) is 0.578. The first-order valence-electron chi connectivity index (χ1n) is 5.81. The van der Waals surface area contributed by atoms with Crippen molar-refractivity contribution in [3.8, 4) is 0 Å². The van der Waals surface area contributed by atoms with Gasteiger partial charge in [-0.05, 0) is 38.2 Å². The van der Waals surface area contributed by atoms with Crippen molar-refractivity contribution in [2.24, 2.45) is 0 Å². The highest BCUT2D eigenvalue weighted by Gasteiger charge is 2.57. The molecule has 0 aliphatic heterocycles. The molecule has 0 radical (unpaired) electrons. The number of hydrogen-bond donors (Lipinski definition) is 1. The zero-order valence-corrected chi connectivity index (χ0v) is 9.82. The van der Waals surface area contributed by atoms with E-state index < -0.39 is 11.8 Å². The average Bonchev–Trinajstić information content (AvgIpc) is 2.46. The van der Waals surface area contributed by atoms with Crippen molar-refractivity contribution in [2.75, 3.05) is 0 Å². The van der Waals surface area contributed by atoms with Crippen molar-refractivity contribution >= 4 is 0 Å². The summed E-state index contributed by atoms with van der Waals surface area (Å²) in [6.45, 7) is 3.71. The molecule has 1 rings (SSSR count). The predicted molar refractivity (Wildman–Crippen MR) is 57.1 cm³/mol. The van der Waals surface area contributed by atoms with Crippen LogP contribution < -0.4 is 0 Å². The van der Waals surface area contributed by atoms with Crippen molar-refractivity contribution in [1.82, 2.24) is 0 Å². The molecule has 1 N–H and O–H groups in total. The maximum atomic E-state index is 12.8. The van der Waals surface area contributed by atoms with Gasteiger partial charge in [-0.1, -0.05) is 25.3 Å². The number of aliphatic hydroxyl groups is 1. The Balaban J connectivity index is 2.81. The molecule has 0 fully saturated rings. The molecule has 0 aromatic carbocycles. The van der Waals surface area contributed by atoms with Crippen LogP contribution in [-0.2, 0) is 0 Å². The number of unbranched alkanes of at least 4 members (excludes halogenated alkanes) is 2. The Morgan fingerprint density at radius 1 is 1.31 bits per heavy atom. The van der Waals surface area contributed by atoms with E-state index >= 15 is 0 Å². The first-order valence-corrected chi connectivity index (χ1v) is 5.81. The molecular formula is C12H19F3O. The second kappa shape index (κ2) is 4.78. The van der Waals surface area contributed by atoms with E-state index in [0.29, 0.717) is 12.8 Å². The molecular weight excluding hydrogens is 217 g/mol. The fourth-order valence-corrected chi connectivity index (χ4v) is 2.31. The molecule has 1 atom stereocenters. The molecule has 4 heteroatoms. The maximum absolute atomic E-state index is 12.8. The van der Waals surface area contributed by atoms with Gasteiger partial charge in [0.1, 0.15) is 0 Å². The Hall–Kier alpha value is -0.510. The summed E-state index contributed by atoms with van der Waals surface area (Å²) in [5, 5.41) is 9.77. The lowest BCUT2D eigenvalue weighted by atomic mass is 9.90. The smallest absolute Gasteiger partial charge is 0.376 e. The first kappa shape index (κ1) is 13.6. The SMILES string of the molecule is CCCCCC1=C(C)CCC1(O)C(F)(F)F. The first-order chi connectivity index (χ1) is 7.33. The Kier molecular flexibility index (Phi) is 4.05. The molecule has 1 aliphatic carbocycles. The molecule has 0 aromatic rings. The Morgan fingerprint density at radius 2 is 1.94 bits per heavy atom. The number of alkyl halides is 3. The zero-order valence-electron chi connectivity index (χ0n) is 9.82. The van der Waals surface area contributed by atoms with E-state index in [1.54, 1.807) is 6.92 Å². The van der Waals surface area contributed by atoms with Crippen LogP contribution in [-0.4, -0.2) is 16.9 Å². The number of rotatable bonds is 4. The third kappa shape index (κ3) is 2.42. The fourth-order valence-electron chi connectivity index (χ4n) is 2.31. The van der Waals surface area contributed by atoms with Gasteiger partial charge in [0.05, 0.1) is 0 Å². The molecule has 16 heavy (non-hydrogen) atoms. The third-order valence-corrected chi connectivity index (χ3v) is 3.38. The molecule has 0 bridgehead atoms. The molecule has 1 unspecified atom stereocenters. The highest BCUT2D eigenvalue weighted by atomic mass is 19.4. The maximum Gasteiger partial charge on any atom is 0.421 e. The fraction of sp³-hybridized carbons (Fsp3) is 0.833. The van der Waals surface area contributed by atoms with Gasteiger partial charge in [0.15, 0.2) is 5.60 Å². The number of halogens is 3. The summed E-state index contributed by atoms with van der Waals surface area (Å²) >= 11 is 0. The van der Waals surface area contributed by atoms with Gasteiger partial charge in [-0.3, -0.25) is 0 Å². The van der Waals surface area contributed by atoms with Crippen molar-refractivity contribution in [3.05, 3.63) is 11.1 Å². The minimum Gasteiger partial charge on any atom is -0.376 e. The predicted octanol–water partition coefficient (Wildman–Crippen LogP) is 3.97. The summed E-state index contributed by atoms with van der Waals surface area (Å²) in [4.78, 5) is 0. The van der Waals surface area contributed by atoms with Crippen LogP contribution in [0.2, 0.25) is 0 Å². The monoisotopic (exact) mass is 236 g/mol. The molecule has 0 saturated carbocycles. The lowest BCUT2D eigenvalue weighted by molar-refractivity contribution is -0.244. The minimum absolute atomic E-state index is 0.205. The molecule has 0 amide bonds. The lowest BCUT2D eigenvalue weighted by Crippen LogP contribution is -2.44. The number of allylic oxidation sites excluding steroid dienone is 1. The van der Waals surface area contributed by atoms with E-state index in [4.69, 9.17) is 0 Å². The molecule has 0 aromatic heterocycles. The standard InChI is InChI=1S/C12H19F3O/c1-3-4-5-6-10-9(2)7-8-11(10,16)12(13,14)15/h16H,3-8H2,1-2H3. The summed E-state index contributed by atoms with van der Waals surface area (Å²) in [6, 6.07) is 0.